The van der Waals surface area contributed by atoms with Crippen molar-refractivity contribution in [2.24, 2.45) is 0 Å². The third-order valence-electron chi connectivity index (χ3n) is 5.26. The number of amides is 3. The molecule has 0 saturated heterocycles. The zero-order valence-electron chi connectivity index (χ0n) is 16.5. The maximum atomic E-state index is 12.6. The fourth-order valence-corrected chi connectivity index (χ4v) is 3.45. The second-order valence-electron chi connectivity index (χ2n) is 7.70. The van der Waals surface area contributed by atoms with Crippen molar-refractivity contribution in [3.05, 3.63) is 65.2 Å². The van der Waals surface area contributed by atoms with Crippen LogP contribution in [0.1, 0.15) is 36.0 Å². The van der Waals surface area contributed by atoms with E-state index in [0.717, 1.165) is 35.3 Å². The number of carbonyl (C=O) groups excluding carboxylic acids is 2. The highest BCUT2D eigenvalue weighted by atomic mass is 16.5. The normalized spacial score (nSPS) is 15.7. The van der Waals surface area contributed by atoms with Crippen molar-refractivity contribution >= 4 is 11.9 Å². The maximum absolute atomic E-state index is 12.6. The summed E-state index contributed by atoms with van der Waals surface area (Å²) >= 11 is 0. The minimum Gasteiger partial charge on any atom is -0.491 e. The Bertz CT molecular complexity index is 865. The maximum Gasteiger partial charge on any atom is 0.318 e. The smallest absolute Gasteiger partial charge is 0.318 e. The number of urea groups is 1. The summed E-state index contributed by atoms with van der Waals surface area (Å²) in [4.78, 5) is 26.4. The Labute approximate surface area is 171 Å². The van der Waals surface area contributed by atoms with Gasteiger partial charge in [-0.3, -0.25) is 4.79 Å². The lowest BCUT2D eigenvalue weighted by atomic mass is 10.0. The van der Waals surface area contributed by atoms with Gasteiger partial charge in [0.25, 0.3) is 0 Å². The van der Waals surface area contributed by atoms with Gasteiger partial charge in [0.1, 0.15) is 12.4 Å². The molecule has 2 aliphatic rings. The van der Waals surface area contributed by atoms with Gasteiger partial charge >= 0.3 is 6.03 Å². The molecule has 0 spiro atoms. The molecule has 0 bridgehead atoms. The van der Waals surface area contributed by atoms with Gasteiger partial charge in [-0.05, 0) is 36.5 Å². The molecule has 2 aromatic rings. The Morgan fingerprint density at radius 3 is 2.69 bits per heavy atom. The molecule has 0 atom stereocenters. The van der Waals surface area contributed by atoms with Gasteiger partial charge in [0.15, 0.2) is 0 Å². The third-order valence-corrected chi connectivity index (χ3v) is 5.26. The van der Waals surface area contributed by atoms with Crippen LogP contribution in [0, 0.1) is 0 Å². The van der Waals surface area contributed by atoms with Crippen LogP contribution in [0.15, 0.2) is 48.5 Å². The first-order valence-corrected chi connectivity index (χ1v) is 10.3. The predicted molar refractivity (Wildman–Crippen MR) is 111 cm³/mol. The van der Waals surface area contributed by atoms with Crippen molar-refractivity contribution in [1.82, 2.24) is 15.5 Å². The highest BCUT2D eigenvalue weighted by molar-refractivity contribution is 5.77. The number of benzene rings is 2. The average Bonchev–Trinajstić information content (AvgIpc) is 3.57. The summed E-state index contributed by atoms with van der Waals surface area (Å²) in [7, 11) is 0. The van der Waals surface area contributed by atoms with Gasteiger partial charge in [-0.2, -0.15) is 0 Å². The minimum atomic E-state index is -0.0977. The van der Waals surface area contributed by atoms with Crippen LogP contribution in [0.3, 0.4) is 0 Å². The molecule has 6 nitrogen and oxygen atoms in total. The van der Waals surface area contributed by atoms with Crippen LogP contribution in [0.25, 0.3) is 0 Å². The van der Waals surface area contributed by atoms with Crippen LogP contribution in [0.2, 0.25) is 0 Å². The topological polar surface area (TPSA) is 70.7 Å². The number of carbonyl (C=O) groups is 2. The number of ether oxygens (including phenoxy) is 1. The Balaban J connectivity index is 1.35. The molecule has 4 rings (SSSR count). The first-order valence-electron chi connectivity index (χ1n) is 10.3. The Morgan fingerprint density at radius 2 is 1.90 bits per heavy atom. The van der Waals surface area contributed by atoms with E-state index < -0.39 is 0 Å². The molecule has 1 heterocycles. The molecule has 0 aromatic heterocycles. The van der Waals surface area contributed by atoms with E-state index in [4.69, 9.17) is 4.74 Å². The summed E-state index contributed by atoms with van der Waals surface area (Å²) in [5.41, 5.74) is 3.14. The van der Waals surface area contributed by atoms with Crippen molar-refractivity contribution in [2.75, 3.05) is 13.2 Å². The molecule has 152 valence electrons. The third kappa shape index (κ3) is 5.50. The molecule has 1 saturated carbocycles. The van der Waals surface area contributed by atoms with Crippen LogP contribution in [0.4, 0.5) is 4.79 Å². The summed E-state index contributed by atoms with van der Waals surface area (Å²) in [6.07, 6.45) is 3.37. The molecule has 1 aliphatic carbocycles. The lowest BCUT2D eigenvalue weighted by Crippen LogP contribution is -2.40. The van der Waals surface area contributed by atoms with E-state index in [0.29, 0.717) is 45.1 Å². The van der Waals surface area contributed by atoms with E-state index in [-0.39, 0.29) is 11.9 Å². The average molecular weight is 393 g/mol. The molecule has 3 amide bonds. The van der Waals surface area contributed by atoms with E-state index in [2.05, 4.69) is 16.7 Å². The number of nitrogens with one attached hydrogen (secondary N) is 2. The van der Waals surface area contributed by atoms with Crippen molar-refractivity contribution in [2.45, 2.75) is 44.8 Å². The Hall–Kier alpha value is -3.02. The summed E-state index contributed by atoms with van der Waals surface area (Å²) < 4.78 is 5.83. The van der Waals surface area contributed by atoms with Crippen molar-refractivity contribution in [3.8, 4) is 5.75 Å². The van der Waals surface area contributed by atoms with E-state index in [1.54, 1.807) is 4.90 Å². The molecule has 2 aromatic carbocycles. The molecule has 0 unspecified atom stereocenters. The number of aryl methyl sites for hydroxylation is 1. The van der Waals surface area contributed by atoms with Gasteiger partial charge in [-0.1, -0.05) is 42.5 Å². The van der Waals surface area contributed by atoms with Gasteiger partial charge in [0.2, 0.25) is 5.91 Å². The molecular formula is C23H27N3O3. The van der Waals surface area contributed by atoms with Gasteiger partial charge in [-0.15, -0.1) is 0 Å². The number of hydrogen-bond donors (Lipinski definition) is 2. The summed E-state index contributed by atoms with van der Waals surface area (Å²) in [6.45, 7) is 2.00. The van der Waals surface area contributed by atoms with Crippen LogP contribution in [-0.2, 0) is 24.3 Å². The number of rotatable bonds is 6. The standard InChI is InChI=1S/C23H27N3O3/c27-22(25-20-8-9-20)11-7-17-6-10-21-19(14-17)16-26(12-13-29-21)23(28)24-15-18-4-2-1-3-5-18/h1-6,10,14,20H,7-9,11-13,15-16H2,(H,24,28)(H,25,27). The van der Waals surface area contributed by atoms with E-state index >= 15 is 0 Å². The van der Waals surface area contributed by atoms with Gasteiger partial charge in [-0.25, -0.2) is 4.79 Å². The molecule has 2 N–H and O–H groups in total. The monoisotopic (exact) mass is 393 g/mol. The molecule has 29 heavy (non-hydrogen) atoms. The summed E-state index contributed by atoms with van der Waals surface area (Å²) in [6, 6.07) is 16.2. The summed E-state index contributed by atoms with van der Waals surface area (Å²) in [5, 5.41) is 6.01. The SMILES string of the molecule is O=C(CCc1ccc2c(c1)CN(C(=O)NCc1ccccc1)CCO2)NC1CC1. The van der Waals surface area contributed by atoms with Crippen LogP contribution >= 0.6 is 0 Å². The largest absolute Gasteiger partial charge is 0.491 e. The fraction of sp³-hybridized carbons (Fsp3) is 0.391. The zero-order chi connectivity index (χ0) is 20.1. The number of nitrogens with zero attached hydrogens (tertiary/aromatic N) is 1. The second kappa shape index (κ2) is 8.99. The second-order valence-corrected chi connectivity index (χ2v) is 7.70. The molecule has 0 radical (unpaired) electrons. The van der Waals surface area contributed by atoms with Crippen LogP contribution < -0.4 is 15.4 Å². The van der Waals surface area contributed by atoms with Gasteiger partial charge in [0.05, 0.1) is 13.1 Å². The lowest BCUT2D eigenvalue weighted by molar-refractivity contribution is -0.121. The van der Waals surface area contributed by atoms with Crippen molar-refractivity contribution in [3.63, 3.8) is 0 Å². The van der Waals surface area contributed by atoms with Crippen LogP contribution in [0.5, 0.6) is 5.75 Å². The highest BCUT2D eigenvalue weighted by Crippen LogP contribution is 2.25. The van der Waals surface area contributed by atoms with E-state index in [1.165, 1.54) is 0 Å². The van der Waals surface area contributed by atoms with Gasteiger partial charge < -0.3 is 20.3 Å². The quantitative estimate of drug-likeness (QED) is 0.793. The number of fused-ring (bicyclic) bond motifs is 1. The Morgan fingerprint density at radius 1 is 1.07 bits per heavy atom. The van der Waals surface area contributed by atoms with E-state index in [1.807, 2.05) is 42.5 Å². The lowest BCUT2D eigenvalue weighted by Gasteiger charge is -2.20. The van der Waals surface area contributed by atoms with Crippen molar-refractivity contribution < 1.29 is 14.3 Å². The minimum absolute atomic E-state index is 0.0977. The Kier molecular flexibility index (Phi) is 5.98. The molecule has 6 heteroatoms. The first kappa shape index (κ1) is 19.3. The predicted octanol–water partition coefficient (Wildman–Crippen LogP) is 3.00. The van der Waals surface area contributed by atoms with Crippen LogP contribution in [-0.4, -0.2) is 36.0 Å². The van der Waals surface area contributed by atoms with Crippen molar-refractivity contribution in [1.29, 1.82) is 0 Å². The fourth-order valence-electron chi connectivity index (χ4n) is 3.45. The molecular weight excluding hydrogens is 366 g/mol. The van der Waals surface area contributed by atoms with Gasteiger partial charge in [0, 0.05) is 24.6 Å². The zero-order valence-corrected chi connectivity index (χ0v) is 16.5. The molecule has 1 fully saturated rings. The van der Waals surface area contributed by atoms with E-state index in [9.17, 15) is 9.59 Å². The first-order chi connectivity index (χ1) is 14.2. The summed E-state index contributed by atoms with van der Waals surface area (Å²) in [5.74, 6) is 0.926. The molecule has 1 aliphatic heterocycles. The highest BCUT2D eigenvalue weighted by Gasteiger charge is 2.23. The number of hydrogen-bond acceptors (Lipinski definition) is 3.